The lowest BCUT2D eigenvalue weighted by molar-refractivity contribution is 0.571. The topological polar surface area (TPSA) is 46.2 Å². The minimum absolute atomic E-state index is 0.390. The average molecular weight is 225 g/mol. The molecule has 0 spiro atoms. The van der Waals surface area contributed by atoms with E-state index in [1.807, 2.05) is 19.1 Å². The second kappa shape index (κ2) is 3.94. The van der Waals surface area contributed by atoms with E-state index in [1.165, 1.54) is 0 Å². The smallest absolute Gasteiger partial charge is 0.194 e. The molecule has 1 aromatic rings. The molecule has 1 unspecified atom stereocenters. The summed E-state index contributed by atoms with van der Waals surface area (Å²) in [5, 5.41) is 2.64. The van der Waals surface area contributed by atoms with Crippen molar-refractivity contribution in [1.29, 1.82) is 0 Å². The van der Waals surface area contributed by atoms with Gasteiger partial charge >= 0.3 is 0 Å². The van der Waals surface area contributed by atoms with Gasteiger partial charge in [0.2, 0.25) is 0 Å². The van der Waals surface area contributed by atoms with Gasteiger partial charge in [-0.05, 0) is 37.9 Å². The number of aryl methyl sites for hydroxylation is 1. The fourth-order valence-electron chi connectivity index (χ4n) is 1.95. The molecule has 2 rings (SSSR count). The maximum absolute atomic E-state index is 12.2. The van der Waals surface area contributed by atoms with Crippen molar-refractivity contribution in [3.63, 3.8) is 0 Å². The molecule has 1 aliphatic heterocycles. The van der Waals surface area contributed by atoms with Crippen LogP contribution in [-0.2, 0) is 9.84 Å². The summed E-state index contributed by atoms with van der Waals surface area (Å²) >= 11 is 0. The molecule has 0 amide bonds. The molecule has 0 bridgehead atoms. The predicted octanol–water partition coefficient (Wildman–Crippen LogP) is 1.48. The van der Waals surface area contributed by atoms with Crippen LogP contribution in [0, 0.1) is 6.92 Å². The lowest BCUT2D eigenvalue weighted by Crippen LogP contribution is -2.31. The average Bonchev–Trinajstić information content (AvgIpc) is 2.71. The first-order valence-corrected chi connectivity index (χ1v) is 6.70. The van der Waals surface area contributed by atoms with Crippen molar-refractivity contribution >= 4 is 9.84 Å². The SMILES string of the molecule is Cc1ccccc1S(=O)(=O)C1CCCN1. The summed E-state index contributed by atoms with van der Waals surface area (Å²) in [6.45, 7) is 2.64. The second-order valence-electron chi connectivity index (χ2n) is 3.90. The first kappa shape index (κ1) is 10.6. The molecule has 1 heterocycles. The van der Waals surface area contributed by atoms with Crippen LogP contribution < -0.4 is 5.32 Å². The van der Waals surface area contributed by atoms with Crippen LogP contribution in [0.5, 0.6) is 0 Å². The molecule has 1 fully saturated rings. The van der Waals surface area contributed by atoms with Gasteiger partial charge in [-0.2, -0.15) is 0 Å². The molecule has 1 saturated heterocycles. The first-order chi connectivity index (χ1) is 7.12. The Hall–Kier alpha value is -0.870. The molecule has 0 radical (unpaired) electrons. The van der Waals surface area contributed by atoms with Gasteiger partial charge in [-0.15, -0.1) is 0 Å². The number of hydrogen-bond donors (Lipinski definition) is 1. The van der Waals surface area contributed by atoms with Crippen LogP contribution in [0.15, 0.2) is 29.2 Å². The number of nitrogens with one attached hydrogen (secondary N) is 1. The van der Waals surface area contributed by atoms with Gasteiger partial charge < -0.3 is 5.32 Å². The quantitative estimate of drug-likeness (QED) is 0.829. The standard InChI is InChI=1S/C11H15NO2S/c1-9-5-2-3-6-10(9)15(13,14)11-7-4-8-12-11/h2-3,5-6,11-12H,4,7-8H2,1H3. The minimum atomic E-state index is -3.18. The van der Waals surface area contributed by atoms with Gasteiger partial charge in [0.05, 0.1) is 4.90 Å². The zero-order valence-corrected chi connectivity index (χ0v) is 9.55. The third-order valence-corrected chi connectivity index (χ3v) is 5.01. The minimum Gasteiger partial charge on any atom is -0.301 e. The summed E-state index contributed by atoms with van der Waals surface area (Å²) in [6.07, 6.45) is 1.66. The zero-order chi connectivity index (χ0) is 10.9. The van der Waals surface area contributed by atoms with Crippen LogP contribution >= 0.6 is 0 Å². The molecule has 0 saturated carbocycles. The molecule has 4 heteroatoms. The predicted molar refractivity (Wildman–Crippen MR) is 59.4 cm³/mol. The van der Waals surface area contributed by atoms with E-state index in [0.29, 0.717) is 4.90 Å². The molecule has 1 aliphatic rings. The Labute approximate surface area is 90.4 Å². The van der Waals surface area contributed by atoms with E-state index >= 15 is 0 Å². The Morgan fingerprint density at radius 1 is 1.33 bits per heavy atom. The van der Waals surface area contributed by atoms with Crippen LogP contribution in [-0.4, -0.2) is 20.3 Å². The van der Waals surface area contributed by atoms with Crippen molar-refractivity contribution in [2.45, 2.75) is 30.0 Å². The molecule has 0 aromatic heterocycles. The van der Waals surface area contributed by atoms with Crippen LogP contribution in [0.4, 0.5) is 0 Å². The monoisotopic (exact) mass is 225 g/mol. The summed E-state index contributed by atoms with van der Waals surface area (Å²) in [7, 11) is -3.18. The zero-order valence-electron chi connectivity index (χ0n) is 8.73. The third kappa shape index (κ3) is 1.92. The van der Waals surface area contributed by atoms with Gasteiger partial charge in [0.15, 0.2) is 9.84 Å². The van der Waals surface area contributed by atoms with Crippen molar-refractivity contribution in [3.8, 4) is 0 Å². The van der Waals surface area contributed by atoms with Gasteiger partial charge in [-0.3, -0.25) is 0 Å². The number of sulfone groups is 1. The lowest BCUT2D eigenvalue weighted by Gasteiger charge is -2.13. The number of hydrogen-bond acceptors (Lipinski definition) is 3. The van der Waals surface area contributed by atoms with Crippen molar-refractivity contribution in [2.24, 2.45) is 0 Å². The van der Waals surface area contributed by atoms with Gasteiger partial charge in [0.1, 0.15) is 5.37 Å². The fraction of sp³-hybridized carbons (Fsp3) is 0.455. The Kier molecular flexibility index (Phi) is 2.80. The molecule has 0 aliphatic carbocycles. The maximum atomic E-state index is 12.2. The van der Waals surface area contributed by atoms with Crippen LogP contribution in [0.3, 0.4) is 0 Å². The third-order valence-electron chi connectivity index (χ3n) is 2.79. The molecular formula is C11H15NO2S. The van der Waals surface area contributed by atoms with E-state index in [4.69, 9.17) is 0 Å². The van der Waals surface area contributed by atoms with E-state index in [9.17, 15) is 8.42 Å². The molecule has 1 N–H and O–H groups in total. The highest BCUT2D eigenvalue weighted by Gasteiger charge is 2.30. The summed E-state index contributed by atoms with van der Waals surface area (Å²) in [5.41, 5.74) is 0.825. The molecular weight excluding hydrogens is 210 g/mol. The maximum Gasteiger partial charge on any atom is 0.194 e. The highest BCUT2D eigenvalue weighted by Crippen LogP contribution is 2.23. The summed E-state index contributed by atoms with van der Waals surface area (Å²) in [6, 6.07) is 7.15. The number of benzene rings is 1. The van der Waals surface area contributed by atoms with E-state index in [2.05, 4.69) is 5.32 Å². The summed E-state index contributed by atoms with van der Waals surface area (Å²) < 4.78 is 24.4. The van der Waals surface area contributed by atoms with E-state index < -0.39 is 15.2 Å². The van der Waals surface area contributed by atoms with Crippen LogP contribution in [0.1, 0.15) is 18.4 Å². The van der Waals surface area contributed by atoms with Gasteiger partial charge in [-0.1, -0.05) is 18.2 Å². The summed E-state index contributed by atoms with van der Waals surface area (Å²) in [5.74, 6) is 0. The first-order valence-electron chi connectivity index (χ1n) is 5.15. The van der Waals surface area contributed by atoms with E-state index in [-0.39, 0.29) is 0 Å². The molecule has 3 nitrogen and oxygen atoms in total. The molecule has 1 atom stereocenters. The normalized spacial score (nSPS) is 21.8. The van der Waals surface area contributed by atoms with Crippen molar-refractivity contribution in [1.82, 2.24) is 5.32 Å². The largest absolute Gasteiger partial charge is 0.301 e. The Balaban J connectivity index is 2.41. The van der Waals surface area contributed by atoms with E-state index in [0.717, 1.165) is 24.9 Å². The van der Waals surface area contributed by atoms with Crippen molar-refractivity contribution in [3.05, 3.63) is 29.8 Å². The fourth-order valence-corrected chi connectivity index (χ4v) is 3.85. The van der Waals surface area contributed by atoms with Gasteiger partial charge in [0, 0.05) is 0 Å². The highest BCUT2D eigenvalue weighted by atomic mass is 32.2. The molecule has 15 heavy (non-hydrogen) atoms. The Bertz CT molecular complexity index is 447. The molecule has 1 aromatic carbocycles. The van der Waals surface area contributed by atoms with E-state index in [1.54, 1.807) is 12.1 Å². The number of rotatable bonds is 2. The Morgan fingerprint density at radius 3 is 2.67 bits per heavy atom. The van der Waals surface area contributed by atoms with Crippen LogP contribution in [0.2, 0.25) is 0 Å². The van der Waals surface area contributed by atoms with Crippen molar-refractivity contribution < 1.29 is 8.42 Å². The summed E-state index contributed by atoms with van der Waals surface area (Å²) in [4.78, 5) is 0.462. The van der Waals surface area contributed by atoms with Gasteiger partial charge in [-0.25, -0.2) is 8.42 Å². The highest BCUT2D eigenvalue weighted by molar-refractivity contribution is 7.92. The van der Waals surface area contributed by atoms with Crippen molar-refractivity contribution in [2.75, 3.05) is 6.54 Å². The molecule has 82 valence electrons. The lowest BCUT2D eigenvalue weighted by atomic mass is 10.2. The van der Waals surface area contributed by atoms with Gasteiger partial charge in [0.25, 0.3) is 0 Å². The second-order valence-corrected chi connectivity index (χ2v) is 5.99. The van der Waals surface area contributed by atoms with Crippen LogP contribution in [0.25, 0.3) is 0 Å². The Morgan fingerprint density at radius 2 is 2.07 bits per heavy atom.